The molecule has 14 heavy (non-hydrogen) atoms. The Morgan fingerprint density at radius 2 is 2.07 bits per heavy atom. The molecular formula is C8H9F3N2O. The van der Waals surface area contributed by atoms with Gasteiger partial charge in [-0.25, -0.2) is 4.98 Å². The molecule has 0 radical (unpaired) electrons. The molecule has 0 unspecified atom stereocenters. The second-order valence-corrected chi connectivity index (χ2v) is 2.82. The average molecular weight is 206 g/mol. The van der Waals surface area contributed by atoms with E-state index >= 15 is 0 Å². The molecule has 0 bridgehead atoms. The normalized spacial score (nSPS) is 11.8. The lowest BCUT2D eigenvalue weighted by molar-refractivity contribution is -0.141. The second kappa shape index (κ2) is 3.43. The third kappa shape index (κ3) is 1.94. The van der Waals surface area contributed by atoms with E-state index in [0.29, 0.717) is 0 Å². The van der Waals surface area contributed by atoms with Crippen molar-refractivity contribution < 1.29 is 18.0 Å². The summed E-state index contributed by atoms with van der Waals surface area (Å²) in [5, 5.41) is 0. The number of carbonyl (C=O) groups excluding carboxylic acids is 1. The molecule has 1 N–H and O–H groups in total. The van der Waals surface area contributed by atoms with E-state index in [4.69, 9.17) is 0 Å². The Hall–Kier alpha value is -1.33. The predicted molar refractivity (Wildman–Crippen MR) is 43.0 cm³/mol. The van der Waals surface area contributed by atoms with E-state index in [1.165, 1.54) is 6.92 Å². The number of hydrogen-bond donors (Lipinski definition) is 1. The second-order valence-electron chi connectivity index (χ2n) is 2.82. The maximum absolute atomic E-state index is 12.3. The number of halogens is 3. The van der Waals surface area contributed by atoms with E-state index in [1.54, 1.807) is 6.92 Å². The van der Waals surface area contributed by atoms with Crippen LogP contribution in [0.5, 0.6) is 0 Å². The van der Waals surface area contributed by atoms with E-state index in [1.807, 2.05) is 0 Å². The van der Waals surface area contributed by atoms with E-state index in [9.17, 15) is 18.0 Å². The van der Waals surface area contributed by atoms with Gasteiger partial charge in [-0.1, -0.05) is 6.92 Å². The highest BCUT2D eigenvalue weighted by atomic mass is 19.4. The number of aryl methyl sites for hydroxylation is 1. The van der Waals surface area contributed by atoms with E-state index in [-0.39, 0.29) is 17.9 Å². The Kier molecular flexibility index (Phi) is 2.64. The minimum atomic E-state index is -4.50. The molecule has 1 heterocycles. The predicted octanol–water partition coefficient (Wildman–Crippen LogP) is 2.19. The zero-order chi connectivity index (χ0) is 10.9. The maximum atomic E-state index is 12.3. The SMILES string of the molecule is CCc1[nH]c(C(C)=O)nc1C(F)(F)F. The number of imidazole rings is 1. The van der Waals surface area contributed by atoms with Crippen LogP contribution in [0.1, 0.15) is 35.9 Å². The van der Waals surface area contributed by atoms with Gasteiger partial charge in [0.15, 0.2) is 17.3 Å². The van der Waals surface area contributed by atoms with Gasteiger partial charge in [0.05, 0.1) is 0 Å². The Bertz CT molecular complexity index is 354. The van der Waals surface area contributed by atoms with Gasteiger partial charge in [0, 0.05) is 12.6 Å². The lowest BCUT2D eigenvalue weighted by atomic mass is 10.2. The maximum Gasteiger partial charge on any atom is 0.435 e. The average Bonchev–Trinajstić information content (AvgIpc) is 2.46. The largest absolute Gasteiger partial charge is 0.435 e. The summed E-state index contributed by atoms with van der Waals surface area (Å²) in [6.07, 6.45) is -4.34. The first-order chi connectivity index (χ1) is 6.36. The fourth-order valence-corrected chi connectivity index (χ4v) is 1.07. The molecule has 6 heteroatoms. The van der Waals surface area contributed by atoms with Gasteiger partial charge in [-0.3, -0.25) is 4.79 Å². The molecule has 0 aliphatic heterocycles. The number of alkyl halides is 3. The molecule has 0 aliphatic rings. The highest BCUT2D eigenvalue weighted by Crippen LogP contribution is 2.30. The number of ketones is 1. The van der Waals surface area contributed by atoms with Gasteiger partial charge in [0.25, 0.3) is 0 Å². The van der Waals surface area contributed by atoms with E-state index in [2.05, 4.69) is 9.97 Å². The third-order valence-corrected chi connectivity index (χ3v) is 1.73. The van der Waals surface area contributed by atoms with Crippen molar-refractivity contribution in [3.8, 4) is 0 Å². The quantitative estimate of drug-likeness (QED) is 0.754. The smallest absolute Gasteiger partial charge is 0.339 e. The zero-order valence-corrected chi connectivity index (χ0v) is 7.70. The minimum absolute atomic E-state index is 0.0531. The number of rotatable bonds is 2. The number of hydrogen-bond acceptors (Lipinski definition) is 2. The van der Waals surface area contributed by atoms with Crippen LogP contribution < -0.4 is 0 Å². The lowest BCUT2D eigenvalue weighted by Gasteiger charge is -2.03. The summed E-state index contributed by atoms with van der Waals surface area (Å²) in [6, 6.07) is 0. The number of nitrogens with one attached hydrogen (secondary N) is 1. The number of nitrogens with zero attached hydrogens (tertiary/aromatic N) is 1. The van der Waals surface area contributed by atoms with Crippen LogP contribution >= 0.6 is 0 Å². The van der Waals surface area contributed by atoms with Crippen molar-refractivity contribution >= 4 is 5.78 Å². The van der Waals surface area contributed by atoms with E-state index in [0.717, 1.165) is 0 Å². The Labute approximate surface area is 78.3 Å². The molecule has 0 amide bonds. The molecule has 0 atom stereocenters. The monoisotopic (exact) mass is 206 g/mol. The highest BCUT2D eigenvalue weighted by Gasteiger charge is 2.37. The first-order valence-electron chi connectivity index (χ1n) is 4.03. The number of aromatic amines is 1. The van der Waals surface area contributed by atoms with Gasteiger partial charge in [0.1, 0.15) is 0 Å². The zero-order valence-electron chi connectivity index (χ0n) is 7.70. The van der Waals surface area contributed by atoms with E-state index < -0.39 is 17.7 Å². The first-order valence-corrected chi connectivity index (χ1v) is 4.03. The number of carbonyl (C=O) groups is 1. The molecule has 1 aromatic rings. The van der Waals surface area contributed by atoms with Crippen LogP contribution in [-0.4, -0.2) is 15.8 Å². The third-order valence-electron chi connectivity index (χ3n) is 1.73. The molecule has 3 nitrogen and oxygen atoms in total. The standard InChI is InChI=1S/C8H9F3N2O/c1-3-5-6(8(9,10)11)13-7(12-5)4(2)14/h3H2,1-2H3,(H,12,13). The summed E-state index contributed by atoms with van der Waals surface area (Å²) >= 11 is 0. The molecule has 1 aromatic heterocycles. The van der Waals surface area contributed by atoms with Gasteiger partial charge in [-0.2, -0.15) is 13.2 Å². The van der Waals surface area contributed by atoms with Crippen molar-refractivity contribution in [1.29, 1.82) is 0 Å². The van der Waals surface area contributed by atoms with Crippen LogP contribution in [0.25, 0.3) is 0 Å². The summed E-state index contributed by atoms with van der Waals surface area (Å²) in [6.45, 7) is 2.73. The summed E-state index contributed by atoms with van der Waals surface area (Å²) in [4.78, 5) is 16.4. The van der Waals surface area contributed by atoms with Crippen molar-refractivity contribution in [2.24, 2.45) is 0 Å². The van der Waals surface area contributed by atoms with Gasteiger partial charge in [-0.15, -0.1) is 0 Å². The van der Waals surface area contributed by atoms with Crippen LogP contribution in [0.2, 0.25) is 0 Å². The Morgan fingerprint density at radius 1 is 1.50 bits per heavy atom. The van der Waals surface area contributed by atoms with Gasteiger partial charge >= 0.3 is 6.18 Å². The molecule has 0 spiro atoms. The summed E-state index contributed by atoms with van der Waals surface area (Å²) in [5.41, 5.74) is -1.05. The lowest BCUT2D eigenvalue weighted by Crippen LogP contribution is -2.08. The molecule has 0 aliphatic carbocycles. The van der Waals surface area contributed by atoms with Crippen LogP contribution in [-0.2, 0) is 12.6 Å². The summed E-state index contributed by atoms with van der Waals surface area (Å²) in [7, 11) is 0. The topological polar surface area (TPSA) is 45.8 Å². The fraction of sp³-hybridized carbons (Fsp3) is 0.500. The summed E-state index contributed by atoms with van der Waals surface area (Å²) < 4.78 is 37.0. The van der Waals surface area contributed by atoms with Crippen LogP contribution in [0.15, 0.2) is 0 Å². The molecular weight excluding hydrogens is 197 g/mol. The number of Topliss-reactive ketones (excluding diaryl/α,β-unsaturated/α-hetero) is 1. The highest BCUT2D eigenvalue weighted by molar-refractivity contribution is 5.90. The first kappa shape index (κ1) is 10.7. The Morgan fingerprint density at radius 3 is 2.36 bits per heavy atom. The van der Waals surface area contributed by atoms with Crippen molar-refractivity contribution in [2.75, 3.05) is 0 Å². The molecule has 0 fully saturated rings. The molecule has 0 saturated heterocycles. The molecule has 78 valence electrons. The fourth-order valence-electron chi connectivity index (χ4n) is 1.07. The van der Waals surface area contributed by atoms with Crippen molar-refractivity contribution in [2.45, 2.75) is 26.4 Å². The van der Waals surface area contributed by atoms with Crippen molar-refractivity contribution in [3.63, 3.8) is 0 Å². The number of H-pyrrole nitrogens is 1. The van der Waals surface area contributed by atoms with Crippen molar-refractivity contribution in [3.05, 3.63) is 17.2 Å². The number of aromatic nitrogens is 2. The van der Waals surface area contributed by atoms with Crippen molar-refractivity contribution in [1.82, 2.24) is 9.97 Å². The van der Waals surface area contributed by atoms with Crippen LogP contribution in [0.4, 0.5) is 13.2 Å². The molecule has 1 rings (SSSR count). The van der Waals surface area contributed by atoms with Gasteiger partial charge < -0.3 is 4.98 Å². The summed E-state index contributed by atoms with van der Waals surface area (Å²) in [5.74, 6) is -0.746. The minimum Gasteiger partial charge on any atom is -0.339 e. The molecule has 0 saturated carbocycles. The van der Waals surface area contributed by atoms with Gasteiger partial charge in [-0.05, 0) is 6.42 Å². The molecule has 0 aromatic carbocycles. The van der Waals surface area contributed by atoms with Crippen LogP contribution in [0.3, 0.4) is 0 Å². The Balaban J connectivity index is 3.22. The van der Waals surface area contributed by atoms with Gasteiger partial charge in [0.2, 0.25) is 0 Å². The van der Waals surface area contributed by atoms with Crippen LogP contribution in [0, 0.1) is 0 Å².